The summed E-state index contributed by atoms with van der Waals surface area (Å²) in [5.41, 5.74) is 5.22. The van der Waals surface area contributed by atoms with Crippen molar-refractivity contribution < 1.29 is 14.3 Å². The molecule has 0 spiro atoms. The molecule has 0 aromatic heterocycles. The zero-order valence-corrected chi connectivity index (χ0v) is 20.2. The van der Waals surface area contributed by atoms with Crippen LogP contribution in [0.3, 0.4) is 0 Å². The number of halogens is 1. The van der Waals surface area contributed by atoms with E-state index in [2.05, 4.69) is 56.0 Å². The van der Waals surface area contributed by atoms with Crippen LogP contribution in [0.15, 0.2) is 94.5 Å². The van der Waals surface area contributed by atoms with Crippen LogP contribution in [0.25, 0.3) is 10.8 Å². The molecule has 0 heterocycles. The second kappa shape index (κ2) is 11.3. The SMILES string of the molecule is COc1cc(/C=N\NC(=O)CNc2ccccc2)cc(Br)c1OCc1cccc2ccccc12. The maximum atomic E-state index is 12.0. The molecule has 1 amide bonds. The summed E-state index contributed by atoms with van der Waals surface area (Å²) in [7, 11) is 1.59. The highest BCUT2D eigenvalue weighted by Gasteiger charge is 2.12. The zero-order valence-electron chi connectivity index (χ0n) is 18.6. The molecule has 0 unspecified atom stereocenters. The number of benzene rings is 4. The molecule has 0 fully saturated rings. The molecule has 0 bridgehead atoms. The van der Waals surface area contributed by atoms with Gasteiger partial charge in [0, 0.05) is 5.69 Å². The van der Waals surface area contributed by atoms with Gasteiger partial charge in [0.1, 0.15) is 6.61 Å². The van der Waals surface area contributed by atoms with Crippen LogP contribution < -0.4 is 20.2 Å². The van der Waals surface area contributed by atoms with Crippen LogP contribution in [-0.2, 0) is 11.4 Å². The molecule has 0 aliphatic carbocycles. The minimum atomic E-state index is -0.249. The van der Waals surface area contributed by atoms with E-state index in [0.29, 0.717) is 18.1 Å². The largest absolute Gasteiger partial charge is 0.493 e. The van der Waals surface area contributed by atoms with E-state index < -0.39 is 0 Å². The standard InChI is InChI=1S/C27H24BrN3O3/c1-33-25-15-19(16-30-31-26(32)17-29-22-11-3-2-4-12-22)14-24(28)27(25)34-18-21-10-7-9-20-8-5-6-13-23(20)21/h2-16,29H,17-18H2,1H3,(H,31,32)/b30-16-. The average Bonchev–Trinajstić information content (AvgIpc) is 2.87. The first kappa shape index (κ1) is 23.3. The molecule has 0 aliphatic heterocycles. The fourth-order valence-electron chi connectivity index (χ4n) is 3.48. The van der Waals surface area contributed by atoms with Crippen molar-refractivity contribution in [3.05, 3.63) is 101 Å². The van der Waals surface area contributed by atoms with E-state index in [9.17, 15) is 4.79 Å². The molecule has 172 valence electrons. The van der Waals surface area contributed by atoms with E-state index in [1.165, 1.54) is 5.39 Å². The van der Waals surface area contributed by atoms with Gasteiger partial charge in [-0.3, -0.25) is 4.79 Å². The first-order valence-electron chi connectivity index (χ1n) is 10.7. The Morgan fingerprint density at radius 2 is 1.76 bits per heavy atom. The van der Waals surface area contributed by atoms with Gasteiger partial charge < -0.3 is 14.8 Å². The fourth-order valence-corrected chi connectivity index (χ4v) is 4.05. The van der Waals surface area contributed by atoms with Gasteiger partial charge in [-0.1, -0.05) is 60.7 Å². The second-order valence-corrected chi connectivity index (χ2v) is 8.33. The van der Waals surface area contributed by atoms with Crippen LogP contribution in [0.1, 0.15) is 11.1 Å². The van der Waals surface area contributed by atoms with E-state index in [-0.39, 0.29) is 12.5 Å². The lowest BCUT2D eigenvalue weighted by atomic mass is 10.1. The Morgan fingerprint density at radius 1 is 1.00 bits per heavy atom. The van der Waals surface area contributed by atoms with Crippen LogP contribution in [0.5, 0.6) is 11.5 Å². The summed E-state index contributed by atoms with van der Waals surface area (Å²) in [6, 6.07) is 27.6. The predicted octanol–water partition coefficient (Wildman–Crippen LogP) is 5.75. The number of fused-ring (bicyclic) bond motifs is 1. The predicted molar refractivity (Wildman–Crippen MR) is 140 cm³/mol. The molecule has 2 N–H and O–H groups in total. The lowest BCUT2D eigenvalue weighted by molar-refractivity contribution is -0.119. The molecule has 0 radical (unpaired) electrons. The van der Waals surface area contributed by atoms with Gasteiger partial charge in [0.15, 0.2) is 11.5 Å². The van der Waals surface area contributed by atoms with Gasteiger partial charge in [-0.2, -0.15) is 5.10 Å². The Morgan fingerprint density at radius 3 is 2.59 bits per heavy atom. The van der Waals surface area contributed by atoms with Gasteiger partial charge in [-0.15, -0.1) is 0 Å². The molecule has 0 saturated carbocycles. The van der Waals surface area contributed by atoms with Crippen LogP contribution in [-0.4, -0.2) is 25.8 Å². The van der Waals surface area contributed by atoms with Gasteiger partial charge in [-0.25, -0.2) is 5.43 Å². The van der Waals surface area contributed by atoms with Gasteiger partial charge in [0.05, 0.1) is 24.3 Å². The normalized spacial score (nSPS) is 10.9. The van der Waals surface area contributed by atoms with Crippen molar-refractivity contribution in [3.8, 4) is 11.5 Å². The molecular weight excluding hydrogens is 494 g/mol. The molecule has 34 heavy (non-hydrogen) atoms. The Hall–Kier alpha value is -3.84. The number of hydrogen-bond donors (Lipinski definition) is 2. The lowest BCUT2D eigenvalue weighted by Crippen LogP contribution is -2.25. The molecule has 7 heteroatoms. The van der Waals surface area contributed by atoms with Crippen LogP contribution >= 0.6 is 15.9 Å². The topological polar surface area (TPSA) is 72.0 Å². The number of rotatable bonds is 9. The van der Waals surface area contributed by atoms with Crippen molar-refractivity contribution in [2.24, 2.45) is 5.10 Å². The molecule has 4 rings (SSSR count). The maximum Gasteiger partial charge on any atom is 0.259 e. The smallest absolute Gasteiger partial charge is 0.259 e. The summed E-state index contributed by atoms with van der Waals surface area (Å²) < 4.78 is 12.4. The maximum absolute atomic E-state index is 12.0. The van der Waals surface area contributed by atoms with E-state index in [1.54, 1.807) is 19.4 Å². The molecular formula is C27H24BrN3O3. The van der Waals surface area contributed by atoms with Crippen molar-refractivity contribution in [1.82, 2.24) is 5.43 Å². The van der Waals surface area contributed by atoms with Crippen molar-refractivity contribution >= 4 is 44.5 Å². The minimum Gasteiger partial charge on any atom is -0.493 e. The van der Waals surface area contributed by atoms with Gasteiger partial charge in [0.2, 0.25) is 0 Å². The molecule has 0 aliphatic rings. The van der Waals surface area contributed by atoms with Gasteiger partial charge >= 0.3 is 0 Å². The number of anilines is 1. The summed E-state index contributed by atoms with van der Waals surface area (Å²) in [6.45, 7) is 0.517. The average molecular weight is 518 g/mol. The Bertz CT molecular complexity index is 1300. The lowest BCUT2D eigenvalue weighted by Gasteiger charge is -2.14. The summed E-state index contributed by atoms with van der Waals surface area (Å²) in [5, 5.41) is 9.41. The third kappa shape index (κ3) is 5.94. The third-order valence-electron chi connectivity index (χ3n) is 5.13. The summed E-state index contributed by atoms with van der Waals surface area (Å²) >= 11 is 3.57. The van der Waals surface area contributed by atoms with E-state index in [1.807, 2.05) is 54.6 Å². The molecule has 0 saturated heterocycles. The third-order valence-corrected chi connectivity index (χ3v) is 5.72. The summed E-state index contributed by atoms with van der Waals surface area (Å²) in [5.74, 6) is 0.915. The van der Waals surface area contributed by atoms with Crippen molar-refractivity contribution in [1.29, 1.82) is 0 Å². The number of para-hydroxylation sites is 1. The summed E-state index contributed by atoms with van der Waals surface area (Å²) in [6.07, 6.45) is 1.56. The van der Waals surface area contributed by atoms with E-state index in [0.717, 1.165) is 26.7 Å². The number of hydrazone groups is 1. The van der Waals surface area contributed by atoms with Crippen molar-refractivity contribution in [2.45, 2.75) is 6.61 Å². The first-order valence-corrected chi connectivity index (χ1v) is 11.5. The summed E-state index contributed by atoms with van der Waals surface area (Å²) in [4.78, 5) is 12.0. The number of nitrogens with one attached hydrogen (secondary N) is 2. The second-order valence-electron chi connectivity index (χ2n) is 7.47. The number of hydrogen-bond acceptors (Lipinski definition) is 5. The first-order chi connectivity index (χ1) is 16.6. The van der Waals surface area contributed by atoms with Crippen LogP contribution in [0.2, 0.25) is 0 Å². The number of carbonyl (C=O) groups is 1. The molecule has 4 aromatic carbocycles. The Balaban J connectivity index is 1.39. The monoisotopic (exact) mass is 517 g/mol. The zero-order chi connectivity index (χ0) is 23.8. The van der Waals surface area contributed by atoms with Crippen molar-refractivity contribution in [2.75, 3.05) is 19.0 Å². The highest BCUT2D eigenvalue weighted by atomic mass is 79.9. The number of amides is 1. The number of nitrogens with zero attached hydrogens (tertiary/aromatic N) is 1. The highest BCUT2D eigenvalue weighted by Crippen LogP contribution is 2.37. The van der Waals surface area contributed by atoms with Gasteiger partial charge in [0.25, 0.3) is 5.91 Å². The van der Waals surface area contributed by atoms with E-state index >= 15 is 0 Å². The Kier molecular flexibility index (Phi) is 7.78. The highest BCUT2D eigenvalue weighted by molar-refractivity contribution is 9.10. The molecule has 0 atom stereocenters. The van der Waals surface area contributed by atoms with E-state index in [4.69, 9.17) is 9.47 Å². The quantitative estimate of drug-likeness (QED) is 0.219. The fraction of sp³-hybridized carbons (Fsp3) is 0.111. The number of carbonyl (C=O) groups excluding carboxylic acids is 1. The Labute approximate surface area is 206 Å². The number of ether oxygens (including phenoxy) is 2. The van der Waals surface area contributed by atoms with Crippen molar-refractivity contribution in [3.63, 3.8) is 0 Å². The van der Waals surface area contributed by atoms with Crippen LogP contribution in [0.4, 0.5) is 5.69 Å². The van der Waals surface area contributed by atoms with Crippen LogP contribution in [0, 0.1) is 0 Å². The molecule has 6 nitrogen and oxygen atoms in total. The van der Waals surface area contributed by atoms with Gasteiger partial charge in [-0.05, 0) is 62.1 Å². The number of methoxy groups -OCH3 is 1. The molecule has 4 aromatic rings. The minimum absolute atomic E-state index is 0.120.